The molecule has 98 valence electrons. The van der Waals surface area contributed by atoms with Crippen LogP contribution in [0.2, 0.25) is 0 Å². The summed E-state index contributed by atoms with van der Waals surface area (Å²) < 4.78 is 0. The number of carboxylic acids is 1. The molecule has 1 heterocycles. The second-order valence-electron chi connectivity index (χ2n) is 3.72. The summed E-state index contributed by atoms with van der Waals surface area (Å²) >= 11 is 0. The van der Waals surface area contributed by atoms with Crippen LogP contribution in [0.3, 0.4) is 0 Å². The molecular weight excluding hydrogens is 236 g/mol. The number of rotatable bonds is 6. The van der Waals surface area contributed by atoms with Gasteiger partial charge in [0.15, 0.2) is 0 Å². The summed E-state index contributed by atoms with van der Waals surface area (Å²) in [6, 6.07) is 2.03. The van der Waals surface area contributed by atoms with Crippen molar-refractivity contribution in [3.63, 3.8) is 0 Å². The highest BCUT2D eigenvalue weighted by molar-refractivity contribution is 5.82. The smallest absolute Gasteiger partial charge is 0.326 e. The molecule has 18 heavy (non-hydrogen) atoms. The van der Waals surface area contributed by atoms with E-state index in [-0.39, 0.29) is 6.54 Å². The van der Waals surface area contributed by atoms with Crippen LogP contribution >= 0.6 is 0 Å². The Morgan fingerprint density at radius 1 is 1.50 bits per heavy atom. The molecule has 0 saturated heterocycles. The highest BCUT2D eigenvalue weighted by Crippen LogP contribution is 1.97. The lowest BCUT2D eigenvalue weighted by atomic mass is 10.2. The Morgan fingerprint density at radius 2 is 2.28 bits per heavy atom. The fraction of sp³-hybridized carbons (Fsp3) is 0.455. The van der Waals surface area contributed by atoms with Crippen LogP contribution in [0, 0.1) is 0 Å². The van der Waals surface area contributed by atoms with E-state index < -0.39 is 18.0 Å². The average Bonchev–Trinajstić information content (AvgIpc) is 2.37. The Balaban J connectivity index is 2.39. The first-order valence-electron chi connectivity index (χ1n) is 5.67. The topological polar surface area (TPSA) is 104 Å². The summed E-state index contributed by atoms with van der Waals surface area (Å²) in [7, 11) is 0. The Bertz CT molecular complexity index is 397. The van der Waals surface area contributed by atoms with Crippen LogP contribution in [0.4, 0.5) is 4.79 Å². The van der Waals surface area contributed by atoms with Crippen molar-refractivity contribution in [2.45, 2.75) is 32.4 Å². The van der Waals surface area contributed by atoms with Crippen LogP contribution in [0.1, 0.15) is 25.5 Å². The third-order valence-corrected chi connectivity index (χ3v) is 2.24. The molecule has 1 aromatic heterocycles. The van der Waals surface area contributed by atoms with Gasteiger partial charge in [-0.25, -0.2) is 9.59 Å². The van der Waals surface area contributed by atoms with Gasteiger partial charge < -0.3 is 15.7 Å². The monoisotopic (exact) mass is 252 g/mol. The van der Waals surface area contributed by atoms with Gasteiger partial charge in [0, 0.05) is 6.20 Å². The van der Waals surface area contributed by atoms with Gasteiger partial charge in [-0.05, 0) is 18.6 Å². The molecule has 0 radical (unpaired) electrons. The number of carboxylic acid groups (broad SMARTS) is 1. The van der Waals surface area contributed by atoms with Crippen molar-refractivity contribution >= 4 is 12.0 Å². The number of hydrogen-bond donors (Lipinski definition) is 3. The lowest BCUT2D eigenvalue weighted by molar-refractivity contribution is -0.139. The predicted octanol–water partition coefficient (Wildman–Crippen LogP) is 0.529. The lowest BCUT2D eigenvalue weighted by Crippen LogP contribution is -2.45. The van der Waals surface area contributed by atoms with Crippen molar-refractivity contribution in [2.75, 3.05) is 0 Å². The van der Waals surface area contributed by atoms with E-state index in [1.807, 2.05) is 6.92 Å². The van der Waals surface area contributed by atoms with E-state index in [9.17, 15) is 9.59 Å². The molecule has 0 aliphatic heterocycles. The maximum absolute atomic E-state index is 11.5. The number of aromatic nitrogens is 2. The Kier molecular flexibility index (Phi) is 5.56. The molecule has 0 saturated carbocycles. The van der Waals surface area contributed by atoms with E-state index >= 15 is 0 Å². The number of carbonyl (C=O) groups is 2. The molecule has 3 N–H and O–H groups in total. The molecule has 0 aromatic carbocycles. The van der Waals surface area contributed by atoms with E-state index in [2.05, 4.69) is 20.8 Å². The van der Waals surface area contributed by atoms with Crippen LogP contribution in [0.25, 0.3) is 0 Å². The van der Waals surface area contributed by atoms with Gasteiger partial charge in [-0.15, -0.1) is 0 Å². The molecule has 2 amide bonds. The fourth-order valence-electron chi connectivity index (χ4n) is 1.35. The number of nitrogens with one attached hydrogen (secondary N) is 2. The molecule has 1 unspecified atom stereocenters. The van der Waals surface area contributed by atoms with E-state index in [1.54, 1.807) is 12.1 Å². The highest BCUT2D eigenvalue weighted by Gasteiger charge is 2.18. The van der Waals surface area contributed by atoms with Crippen molar-refractivity contribution < 1.29 is 14.7 Å². The van der Waals surface area contributed by atoms with Crippen LogP contribution < -0.4 is 10.6 Å². The molecule has 0 aliphatic carbocycles. The normalized spacial score (nSPS) is 11.6. The lowest BCUT2D eigenvalue weighted by Gasteiger charge is -2.13. The van der Waals surface area contributed by atoms with Crippen LogP contribution in [-0.2, 0) is 11.3 Å². The molecule has 1 aromatic rings. The number of amides is 2. The molecular formula is C11H16N4O3. The minimum absolute atomic E-state index is 0.206. The Labute approximate surface area is 105 Å². The van der Waals surface area contributed by atoms with E-state index in [1.165, 1.54) is 6.20 Å². The first kappa shape index (κ1) is 13.9. The summed E-state index contributed by atoms with van der Waals surface area (Å²) in [5, 5.41) is 21.2. The Hall–Kier alpha value is -2.18. The molecule has 0 spiro atoms. The molecule has 1 atom stereocenters. The van der Waals surface area contributed by atoms with Gasteiger partial charge in [0.25, 0.3) is 0 Å². The summed E-state index contributed by atoms with van der Waals surface area (Å²) in [6.45, 7) is 2.06. The van der Waals surface area contributed by atoms with Crippen molar-refractivity contribution in [1.29, 1.82) is 0 Å². The van der Waals surface area contributed by atoms with Gasteiger partial charge in [-0.2, -0.15) is 10.2 Å². The zero-order valence-electron chi connectivity index (χ0n) is 10.1. The number of carbonyl (C=O) groups excluding carboxylic acids is 1. The molecule has 1 rings (SSSR count). The van der Waals surface area contributed by atoms with Crippen molar-refractivity contribution in [3.05, 3.63) is 24.0 Å². The standard InChI is InChI=1S/C11H16N4O3/c1-2-4-9(10(16)17)14-11(18)12-7-8-5-3-6-13-15-8/h3,5-6,9H,2,4,7H2,1H3,(H,16,17)(H2,12,14,18). The minimum Gasteiger partial charge on any atom is -0.480 e. The van der Waals surface area contributed by atoms with Crippen molar-refractivity contribution in [3.8, 4) is 0 Å². The largest absolute Gasteiger partial charge is 0.480 e. The first-order chi connectivity index (χ1) is 8.63. The quantitative estimate of drug-likeness (QED) is 0.685. The molecule has 7 nitrogen and oxygen atoms in total. The number of hydrogen-bond acceptors (Lipinski definition) is 4. The fourth-order valence-corrected chi connectivity index (χ4v) is 1.35. The number of aliphatic carboxylic acids is 1. The summed E-state index contributed by atoms with van der Waals surface area (Å²) in [6.07, 6.45) is 2.61. The second kappa shape index (κ2) is 7.21. The third-order valence-electron chi connectivity index (χ3n) is 2.24. The van der Waals surface area contributed by atoms with Gasteiger partial charge in [0.2, 0.25) is 0 Å². The molecule has 7 heteroatoms. The Morgan fingerprint density at radius 3 is 2.83 bits per heavy atom. The van der Waals surface area contributed by atoms with Gasteiger partial charge in [-0.1, -0.05) is 13.3 Å². The SMILES string of the molecule is CCCC(NC(=O)NCc1cccnn1)C(=O)O. The van der Waals surface area contributed by atoms with Crippen LogP contribution in [0.5, 0.6) is 0 Å². The summed E-state index contributed by atoms with van der Waals surface area (Å²) in [4.78, 5) is 22.3. The number of nitrogens with zero attached hydrogens (tertiary/aromatic N) is 2. The van der Waals surface area contributed by atoms with E-state index in [0.717, 1.165) is 0 Å². The highest BCUT2D eigenvalue weighted by atomic mass is 16.4. The van der Waals surface area contributed by atoms with Gasteiger partial charge >= 0.3 is 12.0 Å². The molecule has 0 aliphatic rings. The first-order valence-corrected chi connectivity index (χ1v) is 5.67. The third kappa shape index (κ3) is 4.77. The molecule has 0 fully saturated rings. The number of urea groups is 1. The van der Waals surface area contributed by atoms with Crippen molar-refractivity contribution in [2.24, 2.45) is 0 Å². The van der Waals surface area contributed by atoms with E-state index in [0.29, 0.717) is 18.5 Å². The molecule has 0 bridgehead atoms. The summed E-state index contributed by atoms with van der Waals surface area (Å²) in [5.74, 6) is -1.04. The maximum Gasteiger partial charge on any atom is 0.326 e. The van der Waals surface area contributed by atoms with Crippen LogP contribution in [-0.4, -0.2) is 33.3 Å². The van der Waals surface area contributed by atoms with Gasteiger partial charge in [0.1, 0.15) is 6.04 Å². The van der Waals surface area contributed by atoms with Gasteiger partial charge in [-0.3, -0.25) is 0 Å². The van der Waals surface area contributed by atoms with E-state index in [4.69, 9.17) is 5.11 Å². The second-order valence-corrected chi connectivity index (χ2v) is 3.72. The minimum atomic E-state index is -1.04. The maximum atomic E-state index is 11.5. The van der Waals surface area contributed by atoms with Gasteiger partial charge in [0.05, 0.1) is 12.2 Å². The summed E-state index contributed by atoms with van der Waals surface area (Å²) in [5.41, 5.74) is 0.606. The zero-order valence-corrected chi connectivity index (χ0v) is 10.1. The average molecular weight is 252 g/mol. The van der Waals surface area contributed by atoms with Crippen LogP contribution in [0.15, 0.2) is 18.3 Å². The zero-order chi connectivity index (χ0) is 13.4. The van der Waals surface area contributed by atoms with Crippen molar-refractivity contribution in [1.82, 2.24) is 20.8 Å². The predicted molar refractivity (Wildman–Crippen MR) is 63.7 cm³/mol.